The van der Waals surface area contributed by atoms with E-state index in [1.54, 1.807) is 0 Å². The van der Waals surface area contributed by atoms with Crippen molar-refractivity contribution in [3.63, 3.8) is 0 Å². The Kier molecular flexibility index (Phi) is 2.96. The number of rotatable bonds is 1. The van der Waals surface area contributed by atoms with Crippen molar-refractivity contribution in [1.29, 1.82) is 0 Å². The Hall–Kier alpha value is -0.630. The lowest BCUT2D eigenvalue weighted by Gasteiger charge is -2.32. The molecule has 3 heteroatoms. The molecule has 0 radical (unpaired) electrons. The van der Waals surface area contributed by atoms with E-state index in [-0.39, 0.29) is 5.41 Å². The van der Waals surface area contributed by atoms with Crippen LogP contribution >= 0.6 is 11.6 Å². The summed E-state index contributed by atoms with van der Waals surface area (Å²) < 4.78 is 0. The predicted molar refractivity (Wildman–Crippen MR) is 62.2 cm³/mol. The van der Waals surface area contributed by atoms with Crippen LogP contribution < -0.4 is 0 Å². The van der Waals surface area contributed by atoms with Crippen molar-refractivity contribution in [2.24, 2.45) is 0 Å². The molecule has 0 amide bonds. The van der Waals surface area contributed by atoms with Gasteiger partial charge in [-0.1, -0.05) is 37.8 Å². The maximum atomic E-state index is 5.98. The minimum Gasteiger partial charge on any atom is -0.238 e. The van der Waals surface area contributed by atoms with Crippen LogP contribution in [-0.4, -0.2) is 9.97 Å². The average molecular weight is 225 g/mol. The van der Waals surface area contributed by atoms with Crippen molar-refractivity contribution in [2.75, 3.05) is 0 Å². The van der Waals surface area contributed by atoms with Gasteiger partial charge in [0.05, 0.1) is 0 Å². The van der Waals surface area contributed by atoms with Crippen LogP contribution in [0, 0.1) is 6.92 Å². The third-order valence-corrected chi connectivity index (χ3v) is 3.51. The highest BCUT2D eigenvalue weighted by molar-refractivity contribution is 6.29. The predicted octanol–water partition coefficient (Wildman–Crippen LogP) is 3.66. The molecular weight excluding hydrogens is 208 g/mol. The summed E-state index contributed by atoms with van der Waals surface area (Å²) in [5, 5.41) is 0.573. The van der Waals surface area contributed by atoms with Crippen molar-refractivity contribution >= 4 is 11.6 Å². The quantitative estimate of drug-likeness (QED) is 0.681. The van der Waals surface area contributed by atoms with Crippen molar-refractivity contribution in [3.8, 4) is 0 Å². The van der Waals surface area contributed by atoms with Gasteiger partial charge in [0.1, 0.15) is 11.0 Å². The molecule has 0 spiro atoms. The van der Waals surface area contributed by atoms with Crippen LogP contribution in [0.1, 0.15) is 50.5 Å². The second-order valence-electron chi connectivity index (χ2n) is 4.78. The Morgan fingerprint density at radius 3 is 2.47 bits per heavy atom. The first kappa shape index (κ1) is 10.9. The standard InChI is InChI=1S/C12H17ClN2/c1-9-8-10(13)15-11(14-9)12(2)6-4-3-5-7-12/h8H,3-7H2,1-2H3. The molecule has 15 heavy (non-hydrogen) atoms. The Bertz CT molecular complexity index is 336. The minimum atomic E-state index is 0.147. The molecule has 1 aromatic heterocycles. The number of halogens is 1. The molecule has 0 aromatic carbocycles. The van der Waals surface area contributed by atoms with Crippen LogP contribution in [0.3, 0.4) is 0 Å². The molecule has 2 nitrogen and oxygen atoms in total. The van der Waals surface area contributed by atoms with Gasteiger partial charge in [0.2, 0.25) is 0 Å². The Morgan fingerprint density at radius 1 is 1.20 bits per heavy atom. The first-order valence-electron chi connectivity index (χ1n) is 5.62. The Morgan fingerprint density at radius 2 is 1.87 bits per heavy atom. The second kappa shape index (κ2) is 4.09. The number of hydrogen-bond acceptors (Lipinski definition) is 2. The van der Waals surface area contributed by atoms with Gasteiger partial charge in [0.25, 0.3) is 0 Å². The average Bonchev–Trinajstić information content (AvgIpc) is 2.17. The van der Waals surface area contributed by atoms with Crippen LogP contribution in [0.2, 0.25) is 5.15 Å². The van der Waals surface area contributed by atoms with Crippen molar-refractivity contribution < 1.29 is 0 Å². The summed E-state index contributed by atoms with van der Waals surface area (Å²) in [5.41, 5.74) is 1.12. The van der Waals surface area contributed by atoms with Crippen LogP contribution in [0.5, 0.6) is 0 Å². The van der Waals surface area contributed by atoms with Crippen LogP contribution in [-0.2, 0) is 5.41 Å². The molecule has 1 aliphatic rings. The number of hydrogen-bond donors (Lipinski definition) is 0. The van der Waals surface area contributed by atoms with Crippen molar-refractivity contribution in [3.05, 3.63) is 22.7 Å². The fourth-order valence-electron chi connectivity index (χ4n) is 2.36. The number of nitrogens with zero attached hydrogens (tertiary/aromatic N) is 2. The van der Waals surface area contributed by atoms with Gasteiger partial charge >= 0.3 is 0 Å². The van der Waals surface area contributed by atoms with Gasteiger partial charge in [-0.2, -0.15) is 0 Å². The van der Waals surface area contributed by atoms with E-state index in [0.29, 0.717) is 5.15 Å². The Labute approximate surface area is 96.1 Å². The van der Waals surface area contributed by atoms with E-state index in [1.165, 1.54) is 32.1 Å². The second-order valence-corrected chi connectivity index (χ2v) is 5.16. The molecule has 0 aliphatic heterocycles. The SMILES string of the molecule is Cc1cc(Cl)nc(C2(C)CCCCC2)n1. The fraction of sp³-hybridized carbons (Fsp3) is 0.667. The lowest BCUT2D eigenvalue weighted by atomic mass is 9.75. The van der Waals surface area contributed by atoms with Gasteiger partial charge in [-0.25, -0.2) is 9.97 Å². The van der Waals surface area contributed by atoms with E-state index in [2.05, 4.69) is 16.9 Å². The topological polar surface area (TPSA) is 25.8 Å². The molecule has 0 bridgehead atoms. The number of aryl methyl sites for hydroxylation is 1. The van der Waals surface area contributed by atoms with Crippen LogP contribution in [0.15, 0.2) is 6.07 Å². The van der Waals surface area contributed by atoms with E-state index < -0.39 is 0 Å². The smallest absolute Gasteiger partial charge is 0.136 e. The third kappa shape index (κ3) is 2.31. The maximum Gasteiger partial charge on any atom is 0.136 e. The molecule has 1 fully saturated rings. The van der Waals surface area contributed by atoms with E-state index in [9.17, 15) is 0 Å². The summed E-state index contributed by atoms with van der Waals surface area (Å²) in [6.45, 7) is 4.24. The molecule has 0 atom stereocenters. The molecular formula is C12H17ClN2. The summed E-state index contributed by atoms with van der Waals surface area (Å²) in [4.78, 5) is 8.92. The zero-order valence-electron chi connectivity index (χ0n) is 9.39. The zero-order valence-corrected chi connectivity index (χ0v) is 10.1. The van der Waals surface area contributed by atoms with Crippen LogP contribution in [0.25, 0.3) is 0 Å². The maximum absolute atomic E-state index is 5.98. The molecule has 82 valence electrons. The highest BCUT2D eigenvalue weighted by atomic mass is 35.5. The molecule has 1 aliphatic carbocycles. The summed E-state index contributed by atoms with van der Waals surface area (Å²) >= 11 is 5.98. The Balaban J connectivity index is 2.34. The molecule has 0 N–H and O–H groups in total. The molecule has 1 saturated carbocycles. The number of aromatic nitrogens is 2. The first-order chi connectivity index (χ1) is 7.10. The molecule has 1 heterocycles. The lowest BCUT2D eigenvalue weighted by Crippen LogP contribution is -2.28. The summed E-state index contributed by atoms with van der Waals surface area (Å²) in [6.07, 6.45) is 6.28. The summed E-state index contributed by atoms with van der Waals surface area (Å²) in [5.74, 6) is 0.937. The van der Waals surface area contributed by atoms with Crippen molar-refractivity contribution in [2.45, 2.75) is 51.4 Å². The van der Waals surface area contributed by atoms with Gasteiger partial charge in [-0.05, 0) is 25.8 Å². The third-order valence-electron chi connectivity index (χ3n) is 3.32. The highest BCUT2D eigenvalue weighted by Gasteiger charge is 2.31. The van der Waals surface area contributed by atoms with Gasteiger partial charge in [0, 0.05) is 11.1 Å². The van der Waals surface area contributed by atoms with E-state index in [1.807, 2.05) is 13.0 Å². The monoisotopic (exact) mass is 224 g/mol. The zero-order chi connectivity index (χ0) is 10.9. The highest BCUT2D eigenvalue weighted by Crippen LogP contribution is 2.37. The van der Waals surface area contributed by atoms with Gasteiger partial charge in [-0.3, -0.25) is 0 Å². The molecule has 0 saturated heterocycles. The van der Waals surface area contributed by atoms with Crippen molar-refractivity contribution in [1.82, 2.24) is 9.97 Å². The van der Waals surface area contributed by atoms with E-state index in [0.717, 1.165) is 11.5 Å². The molecule has 2 rings (SSSR count). The van der Waals surface area contributed by atoms with Crippen LogP contribution in [0.4, 0.5) is 0 Å². The minimum absolute atomic E-state index is 0.147. The van der Waals surface area contributed by atoms with Gasteiger partial charge < -0.3 is 0 Å². The molecule has 0 unspecified atom stereocenters. The van der Waals surface area contributed by atoms with E-state index in [4.69, 9.17) is 11.6 Å². The largest absolute Gasteiger partial charge is 0.238 e. The fourth-order valence-corrected chi connectivity index (χ4v) is 2.59. The lowest BCUT2D eigenvalue weighted by molar-refractivity contribution is 0.303. The molecule has 1 aromatic rings. The van der Waals surface area contributed by atoms with Gasteiger partial charge in [0.15, 0.2) is 0 Å². The van der Waals surface area contributed by atoms with Gasteiger partial charge in [-0.15, -0.1) is 0 Å². The van der Waals surface area contributed by atoms with E-state index >= 15 is 0 Å². The summed E-state index contributed by atoms with van der Waals surface area (Å²) in [7, 11) is 0. The first-order valence-corrected chi connectivity index (χ1v) is 6.00. The summed E-state index contributed by atoms with van der Waals surface area (Å²) in [6, 6.07) is 1.82. The normalized spacial score (nSPS) is 20.2.